The van der Waals surface area contributed by atoms with Crippen molar-refractivity contribution < 1.29 is 9.53 Å². The predicted octanol–water partition coefficient (Wildman–Crippen LogP) is 3.22. The molecule has 0 atom stereocenters. The molecular weight excluding hydrogens is 202 g/mol. The lowest BCUT2D eigenvalue weighted by molar-refractivity contribution is 0.168. The third-order valence-corrected chi connectivity index (χ3v) is 1.96. The Labute approximate surface area is 88.0 Å². The van der Waals surface area contributed by atoms with Gasteiger partial charge in [0.1, 0.15) is 0 Å². The van der Waals surface area contributed by atoms with Crippen molar-refractivity contribution in [2.45, 2.75) is 13.8 Å². The van der Waals surface area contributed by atoms with Crippen LogP contribution in [-0.4, -0.2) is 12.7 Å². The predicted molar refractivity (Wildman–Crippen MR) is 56.8 cm³/mol. The molecule has 1 N–H and O–H groups in total. The van der Waals surface area contributed by atoms with Gasteiger partial charge in [0.05, 0.1) is 17.3 Å². The summed E-state index contributed by atoms with van der Waals surface area (Å²) < 4.78 is 4.73. The number of carbonyl (C=O) groups is 1. The summed E-state index contributed by atoms with van der Waals surface area (Å²) in [5.41, 5.74) is 1.60. The van der Waals surface area contributed by atoms with E-state index >= 15 is 0 Å². The summed E-state index contributed by atoms with van der Waals surface area (Å²) in [5.74, 6) is 0. The van der Waals surface area contributed by atoms with E-state index in [0.717, 1.165) is 5.56 Å². The van der Waals surface area contributed by atoms with E-state index in [4.69, 9.17) is 16.3 Å². The zero-order valence-corrected chi connectivity index (χ0v) is 8.89. The van der Waals surface area contributed by atoms with Crippen LogP contribution in [0.15, 0.2) is 18.2 Å². The van der Waals surface area contributed by atoms with Gasteiger partial charge in [-0.25, -0.2) is 4.79 Å². The molecule has 0 heterocycles. The number of anilines is 1. The monoisotopic (exact) mass is 213 g/mol. The summed E-state index contributed by atoms with van der Waals surface area (Å²) in [6, 6.07) is 5.40. The number of nitrogens with one attached hydrogen (secondary N) is 1. The number of hydrogen-bond donors (Lipinski definition) is 1. The average molecular weight is 214 g/mol. The first-order valence-electron chi connectivity index (χ1n) is 4.33. The van der Waals surface area contributed by atoms with Crippen molar-refractivity contribution in [1.29, 1.82) is 0 Å². The van der Waals surface area contributed by atoms with Gasteiger partial charge in [-0.2, -0.15) is 0 Å². The first-order valence-corrected chi connectivity index (χ1v) is 4.71. The van der Waals surface area contributed by atoms with E-state index < -0.39 is 6.09 Å². The molecule has 1 rings (SSSR count). The largest absolute Gasteiger partial charge is 0.450 e. The molecule has 14 heavy (non-hydrogen) atoms. The van der Waals surface area contributed by atoms with Gasteiger partial charge in [-0.05, 0) is 31.5 Å². The summed E-state index contributed by atoms with van der Waals surface area (Å²) in [6.45, 7) is 4.01. The lowest BCUT2D eigenvalue weighted by Gasteiger charge is -2.07. The van der Waals surface area contributed by atoms with E-state index in [-0.39, 0.29) is 0 Å². The van der Waals surface area contributed by atoms with E-state index in [9.17, 15) is 4.79 Å². The molecule has 76 valence electrons. The van der Waals surface area contributed by atoms with E-state index in [1.807, 2.05) is 13.0 Å². The molecule has 0 bridgehead atoms. The van der Waals surface area contributed by atoms with Crippen LogP contribution >= 0.6 is 11.6 Å². The van der Waals surface area contributed by atoms with Gasteiger partial charge < -0.3 is 4.74 Å². The van der Waals surface area contributed by atoms with Gasteiger partial charge in [0.2, 0.25) is 0 Å². The molecule has 0 aliphatic rings. The highest BCUT2D eigenvalue weighted by Gasteiger charge is 2.05. The molecule has 0 unspecified atom stereocenters. The average Bonchev–Trinajstić information content (AvgIpc) is 2.12. The van der Waals surface area contributed by atoms with Crippen LogP contribution in [0.1, 0.15) is 12.5 Å². The van der Waals surface area contributed by atoms with Crippen molar-refractivity contribution in [3.8, 4) is 0 Å². The molecule has 0 radical (unpaired) electrons. The quantitative estimate of drug-likeness (QED) is 0.819. The molecule has 1 amide bonds. The van der Waals surface area contributed by atoms with E-state index in [1.54, 1.807) is 19.1 Å². The Kier molecular flexibility index (Phi) is 3.77. The number of rotatable bonds is 2. The minimum absolute atomic E-state index is 0.343. The molecule has 3 nitrogen and oxygen atoms in total. The third kappa shape index (κ3) is 2.92. The van der Waals surface area contributed by atoms with Gasteiger partial charge in [-0.3, -0.25) is 5.32 Å². The number of aryl methyl sites for hydroxylation is 1. The molecule has 1 aromatic carbocycles. The van der Waals surface area contributed by atoms with Crippen LogP contribution < -0.4 is 5.32 Å². The summed E-state index contributed by atoms with van der Waals surface area (Å²) in [5, 5.41) is 3.06. The molecule has 1 aromatic rings. The number of hydrogen-bond acceptors (Lipinski definition) is 2. The third-order valence-electron chi connectivity index (χ3n) is 1.63. The maximum Gasteiger partial charge on any atom is 0.411 e. The summed E-state index contributed by atoms with van der Waals surface area (Å²) in [6.07, 6.45) is -0.486. The second kappa shape index (κ2) is 4.86. The lowest BCUT2D eigenvalue weighted by atomic mass is 10.2. The van der Waals surface area contributed by atoms with Crippen molar-refractivity contribution in [2.75, 3.05) is 11.9 Å². The number of ether oxygens (including phenoxy) is 1. The van der Waals surface area contributed by atoms with Gasteiger partial charge >= 0.3 is 6.09 Å². The van der Waals surface area contributed by atoms with Crippen LogP contribution in [0.3, 0.4) is 0 Å². The van der Waals surface area contributed by atoms with Gasteiger partial charge in [0.25, 0.3) is 0 Å². The first-order chi connectivity index (χ1) is 6.63. The molecule has 0 saturated heterocycles. The Morgan fingerprint density at radius 1 is 1.57 bits per heavy atom. The van der Waals surface area contributed by atoms with Gasteiger partial charge in [-0.15, -0.1) is 0 Å². The van der Waals surface area contributed by atoms with Crippen molar-refractivity contribution in [3.05, 3.63) is 28.8 Å². The minimum atomic E-state index is -0.486. The van der Waals surface area contributed by atoms with Crippen molar-refractivity contribution in [1.82, 2.24) is 0 Å². The van der Waals surface area contributed by atoms with Crippen LogP contribution in [0.25, 0.3) is 0 Å². The number of halogens is 1. The Morgan fingerprint density at radius 3 is 2.93 bits per heavy atom. The molecule has 0 aromatic heterocycles. The number of benzene rings is 1. The highest BCUT2D eigenvalue weighted by molar-refractivity contribution is 6.33. The standard InChI is InChI=1S/C10H12ClNO2/c1-3-14-10(13)12-9-6-7(2)4-5-8(9)11/h4-6H,3H2,1-2H3,(H,12,13). The normalized spacial score (nSPS) is 9.64. The Bertz CT molecular complexity index is 339. The molecule has 0 aliphatic carbocycles. The first kappa shape index (κ1) is 10.9. The van der Waals surface area contributed by atoms with Crippen molar-refractivity contribution in [2.24, 2.45) is 0 Å². The second-order valence-corrected chi connectivity index (χ2v) is 3.24. The highest BCUT2D eigenvalue weighted by atomic mass is 35.5. The Hall–Kier alpha value is -1.22. The number of amides is 1. The van der Waals surface area contributed by atoms with Crippen molar-refractivity contribution in [3.63, 3.8) is 0 Å². The van der Waals surface area contributed by atoms with Crippen LogP contribution in [0.4, 0.5) is 10.5 Å². The fraction of sp³-hybridized carbons (Fsp3) is 0.300. The smallest absolute Gasteiger partial charge is 0.411 e. The van der Waals surface area contributed by atoms with Crippen LogP contribution in [0, 0.1) is 6.92 Å². The topological polar surface area (TPSA) is 38.3 Å². The fourth-order valence-electron chi connectivity index (χ4n) is 1.01. The minimum Gasteiger partial charge on any atom is -0.450 e. The van der Waals surface area contributed by atoms with Crippen LogP contribution in [0.5, 0.6) is 0 Å². The Balaban J connectivity index is 2.75. The summed E-state index contributed by atoms with van der Waals surface area (Å²) >= 11 is 5.87. The maximum atomic E-state index is 11.1. The molecule has 0 fully saturated rings. The van der Waals surface area contributed by atoms with Crippen molar-refractivity contribution >= 4 is 23.4 Å². The molecule has 4 heteroatoms. The highest BCUT2D eigenvalue weighted by Crippen LogP contribution is 2.22. The lowest BCUT2D eigenvalue weighted by Crippen LogP contribution is -2.13. The van der Waals surface area contributed by atoms with E-state index in [2.05, 4.69) is 5.32 Å². The summed E-state index contributed by atoms with van der Waals surface area (Å²) in [7, 11) is 0. The van der Waals surface area contributed by atoms with Crippen LogP contribution in [-0.2, 0) is 4.74 Å². The molecule has 0 aliphatic heterocycles. The number of carbonyl (C=O) groups excluding carboxylic acids is 1. The van der Waals surface area contributed by atoms with Gasteiger partial charge in [0, 0.05) is 0 Å². The molecule has 0 saturated carbocycles. The van der Waals surface area contributed by atoms with E-state index in [1.165, 1.54) is 0 Å². The molecule has 0 spiro atoms. The van der Waals surface area contributed by atoms with E-state index in [0.29, 0.717) is 17.3 Å². The SMILES string of the molecule is CCOC(=O)Nc1cc(C)ccc1Cl. The second-order valence-electron chi connectivity index (χ2n) is 2.83. The zero-order valence-electron chi connectivity index (χ0n) is 8.13. The van der Waals surface area contributed by atoms with Gasteiger partial charge in [-0.1, -0.05) is 17.7 Å². The zero-order chi connectivity index (χ0) is 10.6. The summed E-state index contributed by atoms with van der Waals surface area (Å²) in [4.78, 5) is 11.1. The maximum absolute atomic E-state index is 11.1. The Morgan fingerprint density at radius 2 is 2.29 bits per heavy atom. The van der Waals surface area contributed by atoms with Crippen LogP contribution in [0.2, 0.25) is 5.02 Å². The fourth-order valence-corrected chi connectivity index (χ4v) is 1.18. The van der Waals surface area contributed by atoms with Gasteiger partial charge in [0.15, 0.2) is 0 Å². The molecular formula is C10H12ClNO2.